The minimum atomic E-state index is -0.785. The van der Waals surface area contributed by atoms with Crippen LogP contribution in [0, 0.1) is 0 Å². The summed E-state index contributed by atoms with van der Waals surface area (Å²) in [7, 11) is 0. The van der Waals surface area contributed by atoms with Crippen LogP contribution in [-0.2, 0) is 28.6 Å². The molecule has 0 aliphatic carbocycles. The molecule has 0 heterocycles. The van der Waals surface area contributed by atoms with Crippen molar-refractivity contribution >= 4 is 17.9 Å². The van der Waals surface area contributed by atoms with Gasteiger partial charge in [0.05, 0.1) is 0 Å². The van der Waals surface area contributed by atoms with E-state index < -0.39 is 6.10 Å². The number of esters is 3. The number of ether oxygens (including phenoxy) is 3. The fraction of sp³-hybridized carbons (Fsp3) is 0.750. The highest BCUT2D eigenvalue weighted by molar-refractivity contribution is 5.71. The van der Waals surface area contributed by atoms with Crippen LogP contribution in [0.15, 0.2) is 97.2 Å². The van der Waals surface area contributed by atoms with E-state index in [2.05, 4.69) is 118 Å². The highest BCUT2D eigenvalue weighted by Crippen LogP contribution is 2.17. The van der Waals surface area contributed by atoms with Crippen LogP contribution in [0.1, 0.15) is 348 Å². The van der Waals surface area contributed by atoms with Gasteiger partial charge in [0.2, 0.25) is 0 Å². The third kappa shape index (κ3) is 67.1. The van der Waals surface area contributed by atoms with E-state index >= 15 is 0 Å². The summed E-state index contributed by atoms with van der Waals surface area (Å²) in [6, 6.07) is 0. The van der Waals surface area contributed by atoms with E-state index in [-0.39, 0.29) is 31.1 Å². The van der Waals surface area contributed by atoms with Gasteiger partial charge in [-0.25, -0.2) is 0 Å². The first-order valence-electron chi connectivity index (χ1n) is 35.2. The molecule has 0 saturated carbocycles. The Morgan fingerprint density at radius 3 is 0.744 bits per heavy atom. The molecule has 1 unspecified atom stereocenters. The maximum Gasteiger partial charge on any atom is 0.306 e. The second-order valence-electron chi connectivity index (χ2n) is 23.4. The lowest BCUT2D eigenvalue weighted by molar-refractivity contribution is -0.167. The number of hydrogen-bond donors (Lipinski definition) is 0. The minimum absolute atomic E-state index is 0.0791. The van der Waals surface area contributed by atoms with Crippen molar-refractivity contribution in [3.63, 3.8) is 0 Å². The predicted octanol–water partition coefficient (Wildman–Crippen LogP) is 24.4. The Hall–Kier alpha value is -3.67. The lowest BCUT2D eigenvalue weighted by Crippen LogP contribution is -2.30. The first kappa shape index (κ1) is 78.3. The molecule has 0 fully saturated rings. The third-order valence-electron chi connectivity index (χ3n) is 15.3. The van der Waals surface area contributed by atoms with E-state index in [1.165, 1.54) is 193 Å². The molecule has 0 radical (unpaired) electrons. The van der Waals surface area contributed by atoms with Crippen molar-refractivity contribution < 1.29 is 28.6 Å². The van der Waals surface area contributed by atoms with E-state index in [1.807, 2.05) is 0 Å². The number of allylic oxidation sites excluding steroid dienone is 16. The van der Waals surface area contributed by atoms with E-state index in [0.29, 0.717) is 19.3 Å². The second kappa shape index (κ2) is 69.8. The Morgan fingerprint density at radius 1 is 0.256 bits per heavy atom. The lowest BCUT2D eigenvalue weighted by Gasteiger charge is -2.18. The van der Waals surface area contributed by atoms with Crippen molar-refractivity contribution in [3.05, 3.63) is 97.2 Å². The van der Waals surface area contributed by atoms with Gasteiger partial charge in [0.25, 0.3) is 0 Å². The molecule has 0 amide bonds. The van der Waals surface area contributed by atoms with Gasteiger partial charge in [0.15, 0.2) is 6.10 Å². The van der Waals surface area contributed by atoms with Gasteiger partial charge in [0.1, 0.15) is 13.2 Å². The minimum Gasteiger partial charge on any atom is -0.462 e. The molecule has 6 heteroatoms. The molecular weight excluding hydrogens is 1010 g/mol. The summed E-state index contributed by atoms with van der Waals surface area (Å²) in [5.74, 6) is -0.876. The quantitative estimate of drug-likeness (QED) is 0.0261. The molecule has 0 aromatic carbocycles. The fourth-order valence-corrected chi connectivity index (χ4v) is 10.1. The van der Waals surface area contributed by atoms with Crippen LogP contribution in [0.5, 0.6) is 0 Å². The molecule has 0 rings (SSSR count). The van der Waals surface area contributed by atoms with Gasteiger partial charge in [-0.15, -0.1) is 0 Å². The maximum absolute atomic E-state index is 12.9. The van der Waals surface area contributed by atoms with Crippen molar-refractivity contribution in [1.82, 2.24) is 0 Å². The second-order valence-corrected chi connectivity index (χ2v) is 23.4. The average Bonchev–Trinajstić information content (AvgIpc) is 3.47. The lowest BCUT2D eigenvalue weighted by atomic mass is 10.0. The highest BCUT2D eigenvalue weighted by Gasteiger charge is 2.19. The molecule has 0 saturated heterocycles. The van der Waals surface area contributed by atoms with Gasteiger partial charge >= 0.3 is 17.9 Å². The number of carbonyl (C=O) groups excluding carboxylic acids is 3. The zero-order chi connectivity index (χ0) is 59.2. The van der Waals surface area contributed by atoms with E-state index in [4.69, 9.17) is 14.2 Å². The Kier molecular flexibility index (Phi) is 66.7. The number of carbonyl (C=O) groups is 3. The van der Waals surface area contributed by atoms with Crippen molar-refractivity contribution in [2.75, 3.05) is 13.2 Å². The van der Waals surface area contributed by atoms with Crippen molar-refractivity contribution in [2.45, 2.75) is 354 Å². The molecule has 0 spiro atoms. The predicted molar refractivity (Wildman–Crippen MR) is 357 cm³/mol. The molecule has 0 aliphatic heterocycles. The largest absolute Gasteiger partial charge is 0.462 e. The Labute approximate surface area is 508 Å². The fourth-order valence-electron chi connectivity index (χ4n) is 10.1. The standard InChI is InChI=1S/C76H132O6/c1-4-7-10-13-16-19-22-25-28-30-32-34-35-36-37-38-39-40-41-43-44-46-48-51-54-57-60-63-66-69-75(78)81-72-73(71-80-74(77)68-65-62-59-56-53-50-27-24-21-18-15-12-9-6-3)82-76(79)70-67-64-61-58-55-52-49-47-45-42-33-31-29-26-23-20-17-14-11-8-5-2/h7,10,16,19,23,25-26,28,31-34,36-37,45,47,73H,4-6,8-9,11-15,17-18,20-22,24,27,29-30,35,38-44,46,48-72H2,1-3H3/b10-7-,19-16-,26-23-,28-25-,33-31-,34-32-,37-36-,47-45-. The van der Waals surface area contributed by atoms with Crippen LogP contribution in [0.2, 0.25) is 0 Å². The van der Waals surface area contributed by atoms with Gasteiger partial charge in [-0.05, 0) is 103 Å². The van der Waals surface area contributed by atoms with Gasteiger partial charge < -0.3 is 14.2 Å². The van der Waals surface area contributed by atoms with Gasteiger partial charge in [0, 0.05) is 19.3 Å². The molecule has 472 valence electrons. The Bertz CT molecular complexity index is 1590. The Balaban J connectivity index is 4.30. The molecule has 0 aromatic heterocycles. The van der Waals surface area contributed by atoms with Crippen LogP contribution < -0.4 is 0 Å². The zero-order valence-corrected chi connectivity index (χ0v) is 54.2. The molecular formula is C76H132O6. The van der Waals surface area contributed by atoms with Crippen LogP contribution in [0.4, 0.5) is 0 Å². The summed E-state index contributed by atoms with van der Waals surface area (Å²) < 4.78 is 17.0. The smallest absolute Gasteiger partial charge is 0.306 e. The summed E-state index contributed by atoms with van der Waals surface area (Å²) >= 11 is 0. The Morgan fingerprint density at radius 2 is 0.476 bits per heavy atom. The third-order valence-corrected chi connectivity index (χ3v) is 15.3. The molecule has 6 nitrogen and oxygen atoms in total. The summed E-state index contributed by atoms with van der Waals surface area (Å²) in [4.78, 5) is 38.4. The molecule has 0 N–H and O–H groups in total. The first-order chi connectivity index (χ1) is 40.5. The number of rotatable bonds is 64. The molecule has 1 atom stereocenters. The first-order valence-corrected chi connectivity index (χ1v) is 35.2. The summed E-state index contributed by atoms with van der Waals surface area (Å²) in [5.41, 5.74) is 0. The monoisotopic (exact) mass is 1140 g/mol. The molecule has 82 heavy (non-hydrogen) atoms. The number of unbranched alkanes of at least 4 members (excludes halogenated alkanes) is 37. The van der Waals surface area contributed by atoms with Crippen molar-refractivity contribution in [1.29, 1.82) is 0 Å². The van der Waals surface area contributed by atoms with Gasteiger partial charge in [-0.2, -0.15) is 0 Å². The average molecular weight is 1140 g/mol. The van der Waals surface area contributed by atoms with Gasteiger partial charge in [-0.1, -0.05) is 323 Å². The van der Waals surface area contributed by atoms with Crippen molar-refractivity contribution in [3.8, 4) is 0 Å². The molecule has 0 bridgehead atoms. The SMILES string of the molecule is CC/C=C\C/C=C\C/C=C\C/C=C\C/C=C\CCCCCCCCCCCCCCCC(=O)OCC(COC(=O)CCCCCCCCCCCCCCCC)OC(=O)CCCCCCCC/C=C\C/C=C\C/C=C\CCCCCCC. The van der Waals surface area contributed by atoms with Gasteiger partial charge in [-0.3, -0.25) is 14.4 Å². The van der Waals surface area contributed by atoms with E-state index in [0.717, 1.165) is 116 Å². The normalized spacial score (nSPS) is 12.7. The van der Waals surface area contributed by atoms with Crippen LogP contribution >= 0.6 is 0 Å². The zero-order valence-electron chi connectivity index (χ0n) is 54.2. The van der Waals surface area contributed by atoms with Crippen LogP contribution in [0.25, 0.3) is 0 Å². The van der Waals surface area contributed by atoms with E-state index in [9.17, 15) is 14.4 Å². The van der Waals surface area contributed by atoms with Crippen molar-refractivity contribution in [2.24, 2.45) is 0 Å². The summed E-state index contributed by atoms with van der Waals surface area (Å²) in [5, 5.41) is 0. The summed E-state index contributed by atoms with van der Waals surface area (Å²) in [6.45, 7) is 6.55. The van der Waals surface area contributed by atoms with E-state index in [1.54, 1.807) is 0 Å². The number of hydrogen-bond acceptors (Lipinski definition) is 6. The molecule has 0 aromatic rings. The van der Waals surface area contributed by atoms with Crippen LogP contribution in [-0.4, -0.2) is 37.2 Å². The molecule has 0 aliphatic rings. The maximum atomic E-state index is 12.9. The highest BCUT2D eigenvalue weighted by atomic mass is 16.6. The van der Waals surface area contributed by atoms with Crippen LogP contribution in [0.3, 0.4) is 0 Å². The topological polar surface area (TPSA) is 78.9 Å². The summed E-state index contributed by atoms with van der Waals surface area (Å²) in [6.07, 6.45) is 94.2.